The molecule has 3 N–H and O–H groups in total. The SMILES string of the molecule is CCOC(=O)C1=C(COC(=O)c2cccc(S(=O)(=O)NC)c2)NC(=O)NC1. The number of ether oxygens (including phenoxy) is 2. The Labute approximate surface area is 156 Å². The molecule has 0 fully saturated rings. The van der Waals surface area contributed by atoms with Gasteiger partial charge in [0.1, 0.15) is 6.61 Å². The number of amides is 2. The summed E-state index contributed by atoms with van der Waals surface area (Å²) in [6.07, 6.45) is 0. The maximum atomic E-state index is 12.2. The molecule has 0 aliphatic carbocycles. The standard InChI is InChI=1S/C16H19N3O7S/c1-3-25-15(21)12-8-18-16(22)19-13(12)9-26-14(20)10-5-4-6-11(7-10)27(23,24)17-2/h4-7,17H,3,8-9H2,1-2H3,(H2,18,19,22). The van der Waals surface area contributed by atoms with Crippen LogP contribution in [0, 0.1) is 0 Å². The fourth-order valence-electron chi connectivity index (χ4n) is 2.20. The van der Waals surface area contributed by atoms with E-state index >= 15 is 0 Å². The van der Waals surface area contributed by atoms with E-state index in [2.05, 4.69) is 15.4 Å². The zero-order valence-corrected chi connectivity index (χ0v) is 15.5. The van der Waals surface area contributed by atoms with Crippen molar-refractivity contribution in [1.82, 2.24) is 15.4 Å². The van der Waals surface area contributed by atoms with E-state index in [1.54, 1.807) is 6.92 Å². The van der Waals surface area contributed by atoms with Crippen molar-refractivity contribution in [3.8, 4) is 0 Å². The van der Waals surface area contributed by atoms with Gasteiger partial charge < -0.3 is 20.1 Å². The van der Waals surface area contributed by atoms with E-state index in [1.165, 1.54) is 25.2 Å². The van der Waals surface area contributed by atoms with Crippen molar-refractivity contribution in [3.63, 3.8) is 0 Å². The van der Waals surface area contributed by atoms with E-state index in [0.29, 0.717) is 0 Å². The molecule has 0 spiro atoms. The van der Waals surface area contributed by atoms with Gasteiger partial charge in [-0.15, -0.1) is 0 Å². The lowest BCUT2D eigenvalue weighted by Gasteiger charge is -2.21. The Balaban J connectivity index is 2.17. The van der Waals surface area contributed by atoms with Crippen molar-refractivity contribution in [1.29, 1.82) is 0 Å². The van der Waals surface area contributed by atoms with Crippen LogP contribution < -0.4 is 15.4 Å². The van der Waals surface area contributed by atoms with E-state index in [0.717, 1.165) is 6.07 Å². The number of urea groups is 1. The molecule has 11 heteroatoms. The molecule has 0 aromatic heterocycles. The lowest BCUT2D eigenvalue weighted by atomic mass is 10.1. The molecule has 10 nitrogen and oxygen atoms in total. The Morgan fingerprint density at radius 1 is 1.22 bits per heavy atom. The molecule has 2 amide bonds. The molecule has 0 saturated carbocycles. The Kier molecular flexibility index (Phi) is 6.53. The molecule has 1 aliphatic heterocycles. The van der Waals surface area contributed by atoms with Gasteiger partial charge >= 0.3 is 18.0 Å². The molecular weight excluding hydrogens is 378 g/mol. The summed E-state index contributed by atoms with van der Waals surface area (Å²) >= 11 is 0. The Bertz CT molecular complexity index is 893. The van der Waals surface area contributed by atoms with Crippen LogP contribution in [0.1, 0.15) is 17.3 Å². The zero-order valence-electron chi connectivity index (χ0n) is 14.7. The predicted octanol–water partition coefficient (Wildman–Crippen LogP) is -0.118. The van der Waals surface area contributed by atoms with Gasteiger partial charge in [0.2, 0.25) is 10.0 Å². The number of hydrogen-bond donors (Lipinski definition) is 3. The second-order valence-corrected chi connectivity index (χ2v) is 7.18. The third-order valence-electron chi connectivity index (χ3n) is 3.57. The highest BCUT2D eigenvalue weighted by atomic mass is 32.2. The van der Waals surface area contributed by atoms with Gasteiger partial charge in [-0.05, 0) is 32.2 Å². The van der Waals surface area contributed by atoms with Crippen LogP contribution in [0.5, 0.6) is 0 Å². The van der Waals surface area contributed by atoms with Crippen molar-refractivity contribution in [2.45, 2.75) is 11.8 Å². The summed E-state index contributed by atoms with van der Waals surface area (Å²) in [7, 11) is -2.46. The summed E-state index contributed by atoms with van der Waals surface area (Å²) in [5.74, 6) is -1.45. The summed E-state index contributed by atoms with van der Waals surface area (Å²) in [5.41, 5.74) is 0.241. The van der Waals surface area contributed by atoms with Crippen LogP contribution in [-0.2, 0) is 24.3 Å². The van der Waals surface area contributed by atoms with E-state index in [4.69, 9.17) is 9.47 Å². The monoisotopic (exact) mass is 397 g/mol. The maximum Gasteiger partial charge on any atom is 0.338 e. The second-order valence-electron chi connectivity index (χ2n) is 5.30. The summed E-state index contributed by atoms with van der Waals surface area (Å²) < 4.78 is 35.8. The van der Waals surface area contributed by atoms with Crippen molar-refractivity contribution < 1.29 is 32.3 Å². The third kappa shape index (κ3) is 5.05. The van der Waals surface area contributed by atoms with E-state index in [1.807, 2.05) is 0 Å². The average Bonchev–Trinajstić information content (AvgIpc) is 2.66. The van der Waals surface area contributed by atoms with E-state index < -0.39 is 28.0 Å². The molecule has 27 heavy (non-hydrogen) atoms. The van der Waals surface area contributed by atoms with Crippen molar-refractivity contribution in [3.05, 3.63) is 41.1 Å². The van der Waals surface area contributed by atoms with Crippen LogP contribution in [0.3, 0.4) is 0 Å². The Hall–Kier alpha value is -2.92. The quantitative estimate of drug-likeness (QED) is 0.545. The molecule has 0 bridgehead atoms. The largest absolute Gasteiger partial charge is 0.463 e. The van der Waals surface area contributed by atoms with Crippen LogP contribution in [0.4, 0.5) is 4.79 Å². The summed E-state index contributed by atoms with van der Waals surface area (Å²) in [4.78, 5) is 35.5. The minimum Gasteiger partial charge on any atom is -0.463 e. The molecular formula is C16H19N3O7S. The number of rotatable bonds is 7. The highest BCUT2D eigenvalue weighted by Gasteiger charge is 2.25. The molecule has 0 atom stereocenters. The number of nitrogens with one attached hydrogen (secondary N) is 3. The molecule has 146 valence electrons. The minimum absolute atomic E-state index is 0.00451. The lowest BCUT2D eigenvalue weighted by Crippen LogP contribution is -2.45. The highest BCUT2D eigenvalue weighted by Crippen LogP contribution is 2.14. The first-order chi connectivity index (χ1) is 12.8. The van der Waals surface area contributed by atoms with Crippen molar-refractivity contribution >= 4 is 28.0 Å². The number of sulfonamides is 1. The van der Waals surface area contributed by atoms with Crippen LogP contribution >= 0.6 is 0 Å². The van der Waals surface area contributed by atoms with Crippen LogP contribution in [0.15, 0.2) is 40.4 Å². The fourth-order valence-corrected chi connectivity index (χ4v) is 2.97. The summed E-state index contributed by atoms with van der Waals surface area (Å²) in [5, 5.41) is 4.83. The maximum absolute atomic E-state index is 12.2. The molecule has 1 aromatic carbocycles. The molecule has 1 aromatic rings. The minimum atomic E-state index is -3.72. The van der Waals surface area contributed by atoms with Crippen LogP contribution in [0.2, 0.25) is 0 Å². The summed E-state index contributed by atoms with van der Waals surface area (Å²) in [6, 6.07) is 4.73. The molecule has 1 aliphatic rings. The first-order valence-electron chi connectivity index (χ1n) is 7.93. The van der Waals surface area contributed by atoms with Gasteiger partial charge in [0, 0.05) is 0 Å². The van der Waals surface area contributed by atoms with Gasteiger partial charge in [0.25, 0.3) is 0 Å². The van der Waals surface area contributed by atoms with Gasteiger partial charge in [-0.2, -0.15) is 0 Å². The Morgan fingerprint density at radius 2 is 1.96 bits per heavy atom. The average molecular weight is 397 g/mol. The molecule has 0 saturated heterocycles. The molecule has 1 heterocycles. The van der Waals surface area contributed by atoms with Gasteiger partial charge in [-0.1, -0.05) is 6.07 Å². The van der Waals surface area contributed by atoms with Crippen molar-refractivity contribution in [2.24, 2.45) is 0 Å². The molecule has 2 rings (SSSR count). The highest BCUT2D eigenvalue weighted by molar-refractivity contribution is 7.89. The summed E-state index contributed by atoms with van der Waals surface area (Å²) in [6.45, 7) is 1.34. The lowest BCUT2D eigenvalue weighted by molar-refractivity contribution is -0.138. The molecule has 0 unspecified atom stereocenters. The first-order valence-corrected chi connectivity index (χ1v) is 9.41. The molecule has 0 radical (unpaired) electrons. The predicted molar refractivity (Wildman–Crippen MR) is 93.2 cm³/mol. The normalized spacial score (nSPS) is 14.2. The number of esters is 2. The Morgan fingerprint density at radius 3 is 2.63 bits per heavy atom. The van der Waals surface area contributed by atoms with E-state index in [9.17, 15) is 22.8 Å². The van der Waals surface area contributed by atoms with Crippen molar-refractivity contribution in [2.75, 3.05) is 26.8 Å². The van der Waals surface area contributed by atoms with Crippen LogP contribution in [0.25, 0.3) is 0 Å². The van der Waals surface area contributed by atoms with Gasteiger partial charge in [-0.25, -0.2) is 27.5 Å². The smallest absolute Gasteiger partial charge is 0.338 e. The number of carbonyl (C=O) groups excluding carboxylic acids is 3. The van der Waals surface area contributed by atoms with Gasteiger partial charge in [-0.3, -0.25) is 0 Å². The number of hydrogen-bond acceptors (Lipinski definition) is 7. The fraction of sp³-hybridized carbons (Fsp3) is 0.312. The number of benzene rings is 1. The second kappa shape index (κ2) is 8.64. The third-order valence-corrected chi connectivity index (χ3v) is 4.98. The first kappa shape index (κ1) is 20.4. The number of carbonyl (C=O) groups is 3. The van der Waals surface area contributed by atoms with Gasteiger partial charge in [0.05, 0.1) is 34.9 Å². The zero-order chi connectivity index (χ0) is 20.0. The topological polar surface area (TPSA) is 140 Å². The van der Waals surface area contributed by atoms with Crippen LogP contribution in [-0.4, -0.2) is 53.2 Å². The van der Waals surface area contributed by atoms with Gasteiger partial charge in [0.15, 0.2) is 0 Å². The van der Waals surface area contributed by atoms with E-state index in [-0.39, 0.29) is 41.5 Å².